The monoisotopic (exact) mass is 195 g/mol. The van der Waals surface area contributed by atoms with Gasteiger partial charge in [0.15, 0.2) is 0 Å². The summed E-state index contributed by atoms with van der Waals surface area (Å²) in [5.41, 5.74) is 1.44. The lowest BCUT2D eigenvalue weighted by Gasteiger charge is -2.15. The normalized spacial score (nSPS) is 19.7. The molecule has 0 aromatic carbocycles. The quantitative estimate of drug-likeness (QED) is 0.655. The molecule has 0 aromatic rings. The van der Waals surface area contributed by atoms with Gasteiger partial charge in [0.2, 0.25) is 0 Å². The zero-order chi connectivity index (χ0) is 10.3. The highest BCUT2D eigenvalue weighted by Crippen LogP contribution is 2.36. The van der Waals surface area contributed by atoms with Gasteiger partial charge in [-0.3, -0.25) is 4.90 Å². The molecule has 5 heteroatoms. The van der Waals surface area contributed by atoms with E-state index in [-0.39, 0.29) is 5.57 Å². The van der Waals surface area contributed by atoms with E-state index in [0.29, 0.717) is 25.1 Å². The van der Waals surface area contributed by atoms with E-state index in [0.717, 1.165) is 10.5 Å². The van der Waals surface area contributed by atoms with Gasteiger partial charge in [-0.1, -0.05) is 6.08 Å². The second kappa shape index (κ2) is 2.87. The van der Waals surface area contributed by atoms with Crippen LogP contribution in [0.3, 0.4) is 0 Å². The van der Waals surface area contributed by atoms with E-state index in [4.69, 9.17) is 10.2 Å². The summed E-state index contributed by atoms with van der Waals surface area (Å²) in [5.74, 6) is -1.05. The van der Waals surface area contributed by atoms with Crippen molar-refractivity contribution in [3.63, 3.8) is 0 Å². The standard InChI is InChI=1S/C9H9NO4/c11-8(12)6-2-1-5-3-4-10(7(5)6)9(13)14/h2H,1,3-4H2,(H,11,12)(H,13,14). The lowest BCUT2D eigenvalue weighted by Crippen LogP contribution is -2.27. The molecule has 2 rings (SSSR count). The van der Waals surface area contributed by atoms with Crippen LogP contribution in [0.2, 0.25) is 0 Å². The smallest absolute Gasteiger partial charge is 0.411 e. The van der Waals surface area contributed by atoms with Gasteiger partial charge in [-0.25, -0.2) is 9.59 Å². The highest BCUT2D eigenvalue weighted by Gasteiger charge is 2.34. The molecule has 0 unspecified atom stereocenters. The molecule has 1 aliphatic carbocycles. The van der Waals surface area contributed by atoms with Crippen LogP contribution in [0, 0.1) is 0 Å². The van der Waals surface area contributed by atoms with Gasteiger partial charge in [0.05, 0.1) is 11.3 Å². The van der Waals surface area contributed by atoms with E-state index >= 15 is 0 Å². The Hall–Kier alpha value is -1.78. The SMILES string of the molecule is O=C(O)C1=CCC2=C1N(C(=O)O)CC2. The van der Waals surface area contributed by atoms with Gasteiger partial charge in [-0.15, -0.1) is 0 Å². The van der Waals surface area contributed by atoms with E-state index in [1.165, 1.54) is 0 Å². The van der Waals surface area contributed by atoms with Gasteiger partial charge in [0.25, 0.3) is 0 Å². The molecule has 14 heavy (non-hydrogen) atoms. The summed E-state index contributed by atoms with van der Waals surface area (Å²) in [6.07, 6.45) is 1.71. The molecule has 0 aromatic heterocycles. The zero-order valence-corrected chi connectivity index (χ0v) is 7.36. The first kappa shape index (κ1) is 8.80. The molecule has 1 aliphatic heterocycles. The molecule has 5 nitrogen and oxygen atoms in total. The molecule has 2 N–H and O–H groups in total. The maximum atomic E-state index is 10.8. The molecular formula is C9H9NO4. The second-order valence-corrected chi connectivity index (χ2v) is 3.26. The minimum Gasteiger partial charge on any atom is -0.478 e. The Morgan fingerprint density at radius 1 is 1.36 bits per heavy atom. The number of hydrogen-bond donors (Lipinski definition) is 2. The minimum atomic E-state index is -1.08. The summed E-state index contributed by atoms with van der Waals surface area (Å²) in [6, 6.07) is 0. The molecule has 0 fully saturated rings. The van der Waals surface area contributed by atoms with Crippen LogP contribution in [0.5, 0.6) is 0 Å². The third-order valence-electron chi connectivity index (χ3n) is 2.51. The van der Waals surface area contributed by atoms with Crippen LogP contribution < -0.4 is 0 Å². The fourth-order valence-electron chi connectivity index (χ4n) is 1.90. The number of rotatable bonds is 1. The molecule has 0 atom stereocenters. The Kier molecular flexibility index (Phi) is 1.80. The molecule has 74 valence electrons. The van der Waals surface area contributed by atoms with Crippen molar-refractivity contribution in [3.05, 3.63) is 22.9 Å². The summed E-state index contributed by atoms with van der Waals surface area (Å²) in [4.78, 5) is 22.7. The van der Waals surface area contributed by atoms with Crippen molar-refractivity contribution in [2.45, 2.75) is 12.8 Å². The highest BCUT2D eigenvalue weighted by molar-refractivity contribution is 5.94. The number of amides is 1. The lowest BCUT2D eigenvalue weighted by atomic mass is 10.2. The lowest BCUT2D eigenvalue weighted by molar-refractivity contribution is -0.132. The van der Waals surface area contributed by atoms with Gasteiger partial charge >= 0.3 is 12.1 Å². The Morgan fingerprint density at radius 3 is 2.64 bits per heavy atom. The number of carbonyl (C=O) groups is 2. The van der Waals surface area contributed by atoms with Crippen LogP contribution in [0.25, 0.3) is 0 Å². The van der Waals surface area contributed by atoms with Crippen molar-refractivity contribution >= 4 is 12.1 Å². The Labute approximate surface area is 79.9 Å². The second-order valence-electron chi connectivity index (χ2n) is 3.26. The molecule has 0 saturated carbocycles. The third-order valence-corrected chi connectivity index (χ3v) is 2.51. The predicted octanol–water partition coefficient (Wildman–Crippen LogP) is 1.04. The van der Waals surface area contributed by atoms with Crippen molar-refractivity contribution in [2.24, 2.45) is 0 Å². The first-order valence-corrected chi connectivity index (χ1v) is 4.27. The van der Waals surface area contributed by atoms with Crippen LogP contribution in [-0.2, 0) is 4.79 Å². The van der Waals surface area contributed by atoms with E-state index in [2.05, 4.69) is 0 Å². The van der Waals surface area contributed by atoms with Gasteiger partial charge in [0.1, 0.15) is 0 Å². The number of carboxylic acid groups (broad SMARTS) is 2. The van der Waals surface area contributed by atoms with E-state index in [9.17, 15) is 9.59 Å². The van der Waals surface area contributed by atoms with Gasteiger partial charge in [-0.2, -0.15) is 0 Å². The van der Waals surface area contributed by atoms with Crippen molar-refractivity contribution in [1.82, 2.24) is 4.90 Å². The topological polar surface area (TPSA) is 77.8 Å². The molecular weight excluding hydrogens is 186 g/mol. The number of hydrogen-bond acceptors (Lipinski definition) is 2. The molecule has 1 amide bonds. The summed E-state index contributed by atoms with van der Waals surface area (Å²) < 4.78 is 0. The summed E-state index contributed by atoms with van der Waals surface area (Å²) >= 11 is 0. The minimum absolute atomic E-state index is 0.125. The highest BCUT2D eigenvalue weighted by atomic mass is 16.4. The fraction of sp³-hybridized carbons (Fsp3) is 0.333. The Morgan fingerprint density at radius 2 is 2.07 bits per heavy atom. The van der Waals surface area contributed by atoms with Crippen LogP contribution in [0.15, 0.2) is 22.9 Å². The number of nitrogens with zero attached hydrogens (tertiary/aromatic N) is 1. The van der Waals surface area contributed by atoms with Crippen molar-refractivity contribution in [2.75, 3.05) is 6.54 Å². The van der Waals surface area contributed by atoms with Crippen molar-refractivity contribution < 1.29 is 19.8 Å². The first-order valence-electron chi connectivity index (χ1n) is 4.27. The predicted molar refractivity (Wildman–Crippen MR) is 46.7 cm³/mol. The van der Waals surface area contributed by atoms with Crippen LogP contribution >= 0.6 is 0 Å². The molecule has 1 heterocycles. The summed E-state index contributed by atoms with van der Waals surface area (Å²) in [6.45, 7) is 0.380. The maximum absolute atomic E-state index is 10.8. The number of aliphatic carboxylic acids is 1. The van der Waals surface area contributed by atoms with E-state index < -0.39 is 12.1 Å². The van der Waals surface area contributed by atoms with E-state index in [1.54, 1.807) is 6.08 Å². The molecule has 0 saturated heterocycles. The summed E-state index contributed by atoms with van der Waals surface area (Å²) in [7, 11) is 0. The van der Waals surface area contributed by atoms with E-state index in [1.807, 2.05) is 0 Å². The van der Waals surface area contributed by atoms with Crippen molar-refractivity contribution in [1.29, 1.82) is 0 Å². The van der Waals surface area contributed by atoms with Gasteiger partial charge < -0.3 is 10.2 Å². The Bertz CT molecular complexity index is 380. The van der Waals surface area contributed by atoms with Gasteiger partial charge in [0, 0.05) is 6.54 Å². The third kappa shape index (κ3) is 1.09. The summed E-state index contributed by atoms with van der Waals surface area (Å²) in [5, 5.41) is 17.7. The zero-order valence-electron chi connectivity index (χ0n) is 7.36. The largest absolute Gasteiger partial charge is 0.478 e. The molecule has 2 aliphatic rings. The maximum Gasteiger partial charge on any atom is 0.411 e. The van der Waals surface area contributed by atoms with Crippen LogP contribution in [0.4, 0.5) is 4.79 Å². The Balaban J connectivity index is 2.36. The average Bonchev–Trinajstić information content (AvgIpc) is 2.59. The number of allylic oxidation sites excluding steroid dienone is 1. The fourth-order valence-corrected chi connectivity index (χ4v) is 1.90. The average molecular weight is 195 g/mol. The first-order chi connectivity index (χ1) is 6.61. The van der Waals surface area contributed by atoms with Crippen LogP contribution in [0.1, 0.15) is 12.8 Å². The van der Waals surface area contributed by atoms with Crippen molar-refractivity contribution in [3.8, 4) is 0 Å². The molecule has 0 radical (unpaired) electrons. The molecule has 0 bridgehead atoms. The molecule has 0 spiro atoms. The number of carboxylic acids is 1. The van der Waals surface area contributed by atoms with Gasteiger partial charge in [-0.05, 0) is 18.4 Å². The van der Waals surface area contributed by atoms with Crippen LogP contribution in [-0.4, -0.2) is 33.7 Å².